The SMILES string of the molecule is CN(C)C(=O)c1cccc2[nH]c(-c3[nH]nc4ncc(-c5cncc(NC(=O)N6CCOCC6)c5)cc34)cc12. The molecule has 38 heavy (non-hydrogen) atoms. The first-order chi connectivity index (χ1) is 18.5. The molecule has 1 aliphatic rings. The van der Waals surface area contributed by atoms with Gasteiger partial charge in [-0.2, -0.15) is 5.10 Å². The number of carbonyl (C=O) groups is 2. The van der Waals surface area contributed by atoms with E-state index in [1.807, 2.05) is 36.4 Å². The van der Waals surface area contributed by atoms with Crippen molar-refractivity contribution >= 4 is 39.6 Å². The van der Waals surface area contributed by atoms with Crippen molar-refractivity contribution in [2.75, 3.05) is 45.7 Å². The van der Waals surface area contributed by atoms with Gasteiger partial charge in [0, 0.05) is 72.6 Å². The summed E-state index contributed by atoms with van der Waals surface area (Å²) in [6.45, 7) is 2.19. The Morgan fingerprint density at radius 1 is 1.03 bits per heavy atom. The minimum Gasteiger partial charge on any atom is -0.378 e. The molecule has 0 unspecified atom stereocenters. The van der Waals surface area contributed by atoms with E-state index < -0.39 is 0 Å². The minimum absolute atomic E-state index is 0.0623. The Kier molecular flexibility index (Phi) is 5.97. The molecule has 11 nitrogen and oxygen atoms in total. The van der Waals surface area contributed by atoms with Crippen LogP contribution in [0, 0.1) is 0 Å². The summed E-state index contributed by atoms with van der Waals surface area (Å²) in [7, 11) is 3.48. The zero-order valence-corrected chi connectivity index (χ0v) is 21.0. The molecule has 1 aromatic carbocycles. The second-order valence-corrected chi connectivity index (χ2v) is 9.34. The van der Waals surface area contributed by atoms with Gasteiger partial charge in [-0.05, 0) is 30.3 Å². The van der Waals surface area contributed by atoms with E-state index in [0.29, 0.717) is 43.2 Å². The van der Waals surface area contributed by atoms with Gasteiger partial charge in [0.1, 0.15) is 0 Å². The fourth-order valence-corrected chi connectivity index (χ4v) is 4.62. The molecule has 1 fully saturated rings. The van der Waals surface area contributed by atoms with Crippen LogP contribution in [-0.2, 0) is 4.74 Å². The van der Waals surface area contributed by atoms with Gasteiger partial charge in [-0.25, -0.2) is 9.78 Å². The fraction of sp³-hybridized carbons (Fsp3) is 0.222. The number of hydrogen-bond donors (Lipinski definition) is 3. The highest BCUT2D eigenvalue weighted by Gasteiger charge is 2.19. The Morgan fingerprint density at radius 3 is 2.66 bits per heavy atom. The summed E-state index contributed by atoms with van der Waals surface area (Å²) in [5.74, 6) is -0.0623. The van der Waals surface area contributed by atoms with Crippen LogP contribution in [0.3, 0.4) is 0 Å². The number of rotatable bonds is 4. The van der Waals surface area contributed by atoms with E-state index in [-0.39, 0.29) is 11.9 Å². The number of amides is 3. The van der Waals surface area contributed by atoms with Crippen LogP contribution >= 0.6 is 0 Å². The van der Waals surface area contributed by atoms with Crippen molar-refractivity contribution in [2.45, 2.75) is 0 Å². The van der Waals surface area contributed by atoms with E-state index in [2.05, 4.69) is 30.5 Å². The number of carbonyl (C=O) groups excluding carboxylic acids is 2. The molecule has 0 spiro atoms. The molecule has 0 atom stereocenters. The topological polar surface area (TPSA) is 132 Å². The molecule has 5 heterocycles. The van der Waals surface area contributed by atoms with Crippen LogP contribution < -0.4 is 5.32 Å². The predicted octanol–water partition coefficient (Wildman–Crippen LogP) is 3.73. The van der Waals surface area contributed by atoms with E-state index in [1.54, 1.807) is 42.5 Å². The van der Waals surface area contributed by atoms with E-state index in [4.69, 9.17) is 4.74 Å². The number of urea groups is 1. The van der Waals surface area contributed by atoms with Gasteiger partial charge >= 0.3 is 6.03 Å². The van der Waals surface area contributed by atoms with Crippen molar-refractivity contribution in [1.82, 2.24) is 34.9 Å². The molecule has 1 aliphatic heterocycles. The van der Waals surface area contributed by atoms with Gasteiger partial charge in [-0.3, -0.25) is 14.9 Å². The molecule has 192 valence electrons. The summed E-state index contributed by atoms with van der Waals surface area (Å²) < 4.78 is 5.32. The first-order valence-electron chi connectivity index (χ1n) is 12.2. The average Bonchev–Trinajstić information content (AvgIpc) is 3.57. The van der Waals surface area contributed by atoms with Gasteiger partial charge in [0.05, 0.1) is 36.5 Å². The Bertz CT molecular complexity index is 1670. The molecule has 3 N–H and O–H groups in total. The summed E-state index contributed by atoms with van der Waals surface area (Å²) in [5, 5.41) is 12.0. The van der Waals surface area contributed by atoms with Gasteiger partial charge < -0.3 is 24.8 Å². The zero-order chi connectivity index (χ0) is 26.2. The number of aromatic nitrogens is 5. The monoisotopic (exact) mass is 510 g/mol. The highest BCUT2D eigenvalue weighted by molar-refractivity contribution is 6.08. The average molecular weight is 511 g/mol. The molecule has 0 bridgehead atoms. The van der Waals surface area contributed by atoms with Gasteiger partial charge in [-0.15, -0.1) is 0 Å². The Labute approximate surface area is 217 Å². The number of ether oxygens (including phenoxy) is 1. The predicted molar refractivity (Wildman–Crippen MR) is 144 cm³/mol. The lowest BCUT2D eigenvalue weighted by atomic mass is 10.1. The molecule has 11 heteroatoms. The van der Waals surface area contributed by atoms with Crippen LogP contribution in [0.25, 0.3) is 44.5 Å². The highest BCUT2D eigenvalue weighted by Crippen LogP contribution is 2.32. The molecule has 1 saturated heterocycles. The van der Waals surface area contributed by atoms with Crippen LogP contribution in [0.5, 0.6) is 0 Å². The molecule has 5 aromatic rings. The first-order valence-corrected chi connectivity index (χ1v) is 12.2. The molecule has 0 saturated carbocycles. The van der Waals surface area contributed by atoms with Gasteiger partial charge in [0.25, 0.3) is 5.91 Å². The molecular weight excluding hydrogens is 484 g/mol. The summed E-state index contributed by atoms with van der Waals surface area (Å²) in [6, 6.07) is 11.3. The summed E-state index contributed by atoms with van der Waals surface area (Å²) >= 11 is 0. The largest absolute Gasteiger partial charge is 0.378 e. The van der Waals surface area contributed by atoms with Crippen LogP contribution in [0.15, 0.2) is 55.0 Å². The highest BCUT2D eigenvalue weighted by atomic mass is 16.5. The lowest BCUT2D eigenvalue weighted by Gasteiger charge is -2.26. The molecule has 0 radical (unpaired) electrons. The first kappa shape index (κ1) is 23.6. The van der Waals surface area contributed by atoms with Crippen molar-refractivity contribution in [1.29, 1.82) is 0 Å². The second kappa shape index (κ2) is 9.60. The standard InChI is InChI=1S/C27H26N8O3/c1-34(2)26(36)19-4-3-5-22-20(19)12-23(31-22)24-21-11-17(14-29-25(21)33-32-24)16-10-18(15-28-13-16)30-27(37)35-6-8-38-9-7-35/h3-5,10-15,31H,6-9H2,1-2H3,(H,30,37)(H,29,32,33). The van der Waals surface area contributed by atoms with Crippen molar-refractivity contribution in [3.63, 3.8) is 0 Å². The number of nitrogens with one attached hydrogen (secondary N) is 3. The van der Waals surface area contributed by atoms with Crippen molar-refractivity contribution in [3.05, 3.63) is 60.6 Å². The van der Waals surface area contributed by atoms with Gasteiger partial charge in [-0.1, -0.05) is 6.07 Å². The fourth-order valence-electron chi connectivity index (χ4n) is 4.62. The summed E-state index contributed by atoms with van der Waals surface area (Å²) in [4.78, 5) is 40.9. The second-order valence-electron chi connectivity index (χ2n) is 9.34. The minimum atomic E-state index is -0.177. The third kappa shape index (κ3) is 4.33. The van der Waals surface area contributed by atoms with E-state index in [0.717, 1.165) is 38.8 Å². The quantitative estimate of drug-likeness (QED) is 0.338. The van der Waals surface area contributed by atoms with Crippen LogP contribution in [0.1, 0.15) is 10.4 Å². The number of aromatic amines is 2. The van der Waals surface area contributed by atoms with Crippen LogP contribution in [-0.4, -0.2) is 87.3 Å². The van der Waals surface area contributed by atoms with Gasteiger partial charge in [0.15, 0.2) is 5.65 Å². The van der Waals surface area contributed by atoms with Crippen molar-refractivity contribution in [3.8, 4) is 22.5 Å². The van der Waals surface area contributed by atoms with Crippen LogP contribution in [0.4, 0.5) is 10.5 Å². The zero-order valence-electron chi connectivity index (χ0n) is 21.0. The van der Waals surface area contributed by atoms with Crippen LogP contribution in [0.2, 0.25) is 0 Å². The molecule has 3 amide bonds. The number of pyridine rings is 2. The van der Waals surface area contributed by atoms with Crippen molar-refractivity contribution in [2.24, 2.45) is 0 Å². The number of H-pyrrole nitrogens is 2. The number of benzene rings is 1. The van der Waals surface area contributed by atoms with E-state index >= 15 is 0 Å². The maximum Gasteiger partial charge on any atom is 0.322 e. The molecule has 4 aromatic heterocycles. The summed E-state index contributed by atoms with van der Waals surface area (Å²) in [6.07, 6.45) is 5.08. The molecular formula is C27H26N8O3. The smallest absolute Gasteiger partial charge is 0.322 e. The van der Waals surface area contributed by atoms with E-state index in [9.17, 15) is 9.59 Å². The lowest BCUT2D eigenvalue weighted by molar-refractivity contribution is 0.0564. The third-order valence-corrected chi connectivity index (χ3v) is 6.60. The van der Waals surface area contributed by atoms with Crippen molar-refractivity contribution < 1.29 is 14.3 Å². The van der Waals surface area contributed by atoms with Gasteiger partial charge in [0.2, 0.25) is 0 Å². The lowest BCUT2D eigenvalue weighted by Crippen LogP contribution is -2.43. The van der Waals surface area contributed by atoms with E-state index in [1.165, 1.54) is 0 Å². The Hall–Kier alpha value is -4.77. The maximum atomic E-state index is 12.7. The Morgan fingerprint density at radius 2 is 1.84 bits per heavy atom. The number of morpholine rings is 1. The number of nitrogens with zero attached hydrogens (tertiary/aromatic N) is 5. The Balaban J connectivity index is 1.33. The normalized spacial score (nSPS) is 13.7. The number of fused-ring (bicyclic) bond motifs is 2. The summed E-state index contributed by atoms with van der Waals surface area (Å²) in [5.41, 5.74) is 5.84. The molecule has 6 rings (SSSR count). The molecule has 0 aliphatic carbocycles. The number of anilines is 1. The number of hydrogen-bond acceptors (Lipinski definition) is 6. The third-order valence-electron chi connectivity index (χ3n) is 6.60. The maximum absolute atomic E-state index is 12.7.